The maximum absolute atomic E-state index is 12.7. The van der Waals surface area contributed by atoms with Crippen molar-refractivity contribution in [2.24, 2.45) is 0 Å². The summed E-state index contributed by atoms with van der Waals surface area (Å²) in [5.41, 5.74) is 1.13. The highest BCUT2D eigenvalue weighted by Gasteiger charge is 2.32. The van der Waals surface area contributed by atoms with E-state index in [-0.39, 0.29) is 24.3 Å². The number of hydrogen-bond acceptors (Lipinski definition) is 6. The number of carbonyl (C=O) groups is 2. The fourth-order valence-electron chi connectivity index (χ4n) is 3.46. The van der Waals surface area contributed by atoms with Gasteiger partial charge in [0.1, 0.15) is 24.7 Å². The van der Waals surface area contributed by atoms with Crippen LogP contribution in [0.4, 0.5) is 5.69 Å². The predicted molar refractivity (Wildman–Crippen MR) is 105 cm³/mol. The summed E-state index contributed by atoms with van der Waals surface area (Å²) in [6.45, 7) is 1.37. The Morgan fingerprint density at radius 2 is 1.72 bits per heavy atom. The molecule has 2 aliphatic heterocycles. The molecule has 4 rings (SSSR count). The lowest BCUT2D eigenvalue weighted by Gasteiger charge is -2.22. The molecule has 0 aliphatic carbocycles. The predicted octanol–water partition coefficient (Wildman–Crippen LogP) is 2.01. The molecule has 0 spiro atoms. The summed E-state index contributed by atoms with van der Waals surface area (Å²) in [6.07, 6.45) is 0.223. The Kier molecular flexibility index (Phi) is 5.16. The maximum atomic E-state index is 12.7. The van der Waals surface area contributed by atoms with E-state index in [4.69, 9.17) is 18.9 Å². The molecule has 2 amide bonds. The van der Waals surface area contributed by atoms with Crippen molar-refractivity contribution >= 4 is 17.5 Å². The first-order valence-corrected chi connectivity index (χ1v) is 9.31. The normalized spacial score (nSPS) is 17.8. The number of nitrogens with zero attached hydrogens (tertiary/aromatic N) is 1. The number of hydrogen-bond donors (Lipinski definition) is 1. The molecule has 2 aliphatic rings. The van der Waals surface area contributed by atoms with E-state index in [9.17, 15) is 9.59 Å². The minimum absolute atomic E-state index is 0.0600. The smallest absolute Gasteiger partial charge is 0.251 e. The number of benzene rings is 2. The quantitative estimate of drug-likeness (QED) is 0.829. The third-order valence-corrected chi connectivity index (χ3v) is 4.91. The molecule has 2 heterocycles. The van der Waals surface area contributed by atoms with Crippen LogP contribution in [0.25, 0.3) is 0 Å². The van der Waals surface area contributed by atoms with Crippen LogP contribution >= 0.6 is 0 Å². The van der Waals surface area contributed by atoms with E-state index in [2.05, 4.69) is 5.32 Å². The van der Waals surface area contributed by atoms with Crippen LogP contribution in [0.1, 0.15) is 16.8 Å². The van der Waals surface area contributed by atoms with Gasteiger partial charge in [0.05, 0.1) is 20.3 Å². The van der Waals surface area contributed by atoms with Crippen LogP contribution < -0.4 is 29.2 Å². The van der Waals surface area contributed by atoms with Crippen LogP contribution in [0.15, 0.2) is 36.4 Å². The monoisotopic (exact) mass is 398 g/mol. The highest BCUT2D eigenvalue weighted by Crippen LogP contribution is 2.35. The van der Waals surface area contributed by atoms with Gasteiger partial charge in [0, 0.05) is 36.3 Å². The molecule has 0 radical (unpaired) electrons. The average Bonchev–Trinajstić information content (AvgIpc) is 3.12. The molecule has 1 fully saturated rings. The van der Waals surface area contributed by atoms with Crippen LogP contribution in [0.2, 0.25) is 0 Å². The first-order chi connectivity index (χ1) is 14.1. The second-order valence-electron chi connectivity index (χ2n) is 6.81. The second kappa shape index (κ2) is 7.90. The first-order valence-electron chi connectivity index (χ1n) is 9.31. The molecular weight excluding hydrogens is 376 g/mol. The number of nitrogens with one attached hydrogen (secondary N) is 1. The third kappa shape index (κ3) is 3.91. The van der Waals surface area contributed by atoms with Gasteiger partial charge in [0.25, 0.3) is 5.91 Å². The number of amides is 2. The fraction of sp³-hybridized carbons (Fsp3) is 0.333. The van der Waals surface area contributed by atoms with Gasteiger partial charge in [0.2, 0.25) is 5.91 Å². The molecule has 152 valence electrons. The van der Waals surface area contributed by atoms with E-state index >= 15 is 0 Å². The maximum Gasteiger partial charge on any atom is 0.251 e. The van der Waals surface area contributed by atoms with Crippen LogP contribution in [-0.2, 0) is 4.79 Å². The van der Waals surface area contributed by atoms with Crippen molar-refractivity contribution in [2.75, 3.05) is 38.9 Å². The molecule has 0 bridgehead atoms. The molecule has 1 N–H and O–H groups in total. The Balaban J connectivity index is 1.46. The highest BCUT2D eigenvalue weighted by molar-refractivity contribution is 5.99. The first kappa shape index (κ1) is 18.9. The van der Waals surface area contributed by atoms with E-state index in [1.807, 2.05) is 6.07 Å². The molecule has 0 unspecified atom stereocenters. The van der Waals surface area contributed by atoms with E-state index in [0.29, 0.717) is 48.3 Å². The van der Waals surface area contributed by atoms with Gasteiger partial charge in [-0.3, -0.25) is 9.59 Å². The van der Waals surface area contributed by atoms with Gasteiger partial charge in [0.15, 0.2) is 11.5 Å². The zero-order chi connectivity index (χ0) is 20.4. The molecule has 1 atom stereocenters. The summed E-state index contributed by atoms with van der Waals surface area (Å²) in [5.74, 6) is 1.99. The zero-order valence-corrected chi connectivity index (χ0v) is 16.3. The average molecular weight is 398 g/mol. The summed E-state index contributed by atoms with van der Waals surface area (Å²) in [4.78, 5) is 26.9. The number of carbonyl (C=O) groups excluding carboxylic acids is 2. The van der Waals surface area contributed by atoms with Crippen LogP contribution in [-0.4, -0.2) is 51.8 Å². The Labute approximate surface area is 168 Å². The number of rotatable bonds is 5. The number of anilines is 1. The van der Waals surface area contributed by atoms with Gasteiger partial charge in [-0.05, 0) is 24.3 Å². The second-order valence-corrected chi connectivity index (χ2v) is 6.81. The Bertz CT molecular complexity index is 923. The van der Waals surface area contributed by atoms with E-state index in [1.54, 1.807) is 35.2 Å². The van der Waals surface area contributed by atoms with Crippen molar-refractivity contribution in [1.29, 1.82) is 0 Å². The summed E-state index contributed by atoms with van der Waals surface area (Å²) < 4.78 is 21.5. The lowest BCUT2D eigenvalue weighted by atomic mass is 10.1. The molecule has 29 heavy (non-hydrogen) atoms. The molecule has 8 heteroatoms. The Morgan fingerprint density at radius 3 is 2.41 bits per heavy atom. The number of fused-ring (bicyclic) bond motifs is 1. The van der Waals surface area contributed by atoms with Crippen LogP contribution in [0.5, 0.6) is 23.0 Å². The van der Waals surface area contributed by atoms with Crippen molar-refractivity contribution in [3.05, 3.63) is 42.0 Å². The fourth-order valence-corrected chi connectivity index (χ4v) is 3.46. The van der Waals surface area contributed by atoms with Crippen LogP contribution in [0.3, 0.4) is 0 Å². The summed E-state index contributed by atoms with van der Waals surface area (Å²) in [5, 5.41) is 2.92. The lowest BCUT2D eigenvalue weighted by molar-refractivity contribution is -0.117. The molecule has 2 aromatic carbocycles. The number of ether oxygens (including phenoxy) is 4. The van der Waals surface area contributed by atoms with Gasteiger partial charge >= 0.3 is 0 Å². The van der Waals surface area contributed by atoms with E-state index in [0.717, 1.165) is 5.69 Å². The standard InChI is InChI=1S/C21H22N2O6/c1-26-16-7-13(8-17(11-16)27-2)21(25)22-14-9-20(24)23(12-14)15-3-4-18-19(10-15)29-6-5-28-18/h3-4,7-8,10-11,14H,5-6,9,12H2,1-2H3,(H,22,25)/t14-/m0/s1. The molecular formula is C21H22N2O6. The Hall–Kier alpha value is -3.42. The Morgan fingerprint density at radius 1 is 1.03 bits per heavy atom. The summed E-state index contributed by atoms with van der Waals surface area (Å²) in [6, 6.07) is 10.1. The molecule has 1 saturated heterocycles. The van der Waals surface area contributed by atoms with Gasteiger partial charge < -0.3 is 29.2 Å². The SMILES string of the molecule is COc1cc(OC)cc(C(=O)N[C@H]2CC(=O)N(c3ccc4c(c3)OCCO4)C2)c1. The van der Waals surface area contributed by atoms with Gasteiger partial charge in [-0.15, -0.1) is 0 Å². The largest absolute Gasteiger partial charge is 0.497 e. The number of methoxy groups -OCH3 is 2. The van der Waals surface area contributed by atoms with Crippen molar-refractivity contribution in [1.82, 2.24) is 5.32 Å². The molecule has 8 nitrogen and oxygen atoms in total. The van der Waals surface area contributed by atoms with Crippen molar-refractivity contribution in [3.8, 4) is 23.0 Å². The van der Waals surface area contributed by atoms with Crippen molar-refractivity contribution in [2.45, 2.75) is 12.5 Å². The minimum atomic E-state index is -0.305. The van der Waals surface area contributed by atoms with E-state index < -0.39 is 0 Å². The summed E-state index contributed by atoms with van der Waals surface area (Å²) >= 11 is 0. The van der Waals surface area contributed by atoms with Crippen LogP contribution in [0, 0.1) is 0 Å². The molecule has 2 aromatic rings. The molecule has 0 saturated carbocycles. The van der Waals surface area contributed by atoms with Gasteiger partial charge in [-0.1, -0.05) is 0 Å². The van der Waals surface area contributed by atoms with Gasteiger partial charge in [-0.25, -0.2) is 0 Å². The third-order valence-electron chi connectivity index (χ3n) is 4.91. The van der Waals surface area contributed by atoms with Crippen molar-refractivity contribution in [3.63, 3.8) is 0 Å². The van der Waals surface area contributed by atoms with Crippen molar-refractivity contribution < 1.29 is 28.5 Å². The minimum Gasteiger partial charge on any atom is -0.497 e. The molecule has 0 aromatic heterocycles. The van der Waals surface area contributed by atoms with E-state index in [1.165, 1.54) is 14.2 Å². The lowest BCUT2D eigenvalue weighted by Crippen LogP contribution is -2.37. The summed E-state index contributed by atoms with van der Waals surface area (Å²) in [7, 11) is 3.05. The highest BCUT2D eigenvalue weighted by atomic mass is 16.6. The topological polar surface area (TPSA) is 86.3 Å². The zero-order valence-electron chi connectivity index (χ0n) is 16.3. The van der Waals surface area contributed by atoms with Gasteiger partial charge in [-0.2, -0.15) is 0 Å².